The average Bonchev–Trinajstić information content (AvgIpc) is 3.17. The van der Waals surface area contributed by atoms with E-state index in [0.717, 1.165) is 22.9 Å². The highest BCUT2D eigenvalue weighted by molar-refractivity contribution is 7.88. The summed E-state index contributed by atoms with van der Waals surface area (Å²) in [6.45, 7) is 0. The minimum atomic E-state index is -7.47. The Kier molecular flexibility index (Phi) is 9.07. The lowest BCUT2D eigenvalue weighted by molar-refractivity contribution is -0.382. The topological polar surface area (TPSA) is 82.0 Å². The van der Waals surface area contributed by atoms with Gasteiger partial charge in [0.05, 0.1) is 0 Å². The third-order valence-corrected chi connectivity index (χ3v) is 9.91. The van der Waals surface area contributed by atoms with Gasteiger partial charge in [-0.05, 0) is 39.2 Å². The molecule has 7 rings (SSSR count). The van der Waals surface area contributed by atoms with Gasteiger partial charge in [0.15, 0.2) is 23.2 Å². The van der Waals surface area contributed by atoms with Crippen molar-refractivity contribution in [1.29, 1.82) is 0 Å². The highest BCUT2D eigenvalue weighted by Crippen LogP contribution is 2.55. The second kappa shape index (κ2) is 13.4. The summed E-state index contributed by atoms with van der Waals surface area (Å²) in [6, 6.07) is 36.0. The number of fused-ring (bicyclic) bond motifs is 2. The minimum Gasteiger partial charge on any atom is -0.377 e. The Labute approximate surface area is 306 Å². The highest BCUT2D eigenvalue weighted by atomic mass is 32.2. The molecular formula is C39H22F9N3O3S. The lowest BCUT2D eigenvalue weighted by Gasteiger charge is -2.32. The molecule has 0 radical (unpaired) electrons. The summed E-state index contributed by atoms with van der Waals surface area (Å²) in [6.07, 6.45) is -7.23. The van der Waals surface area contributed by atoms with Crippen molar-refractivity contribution in [2.75, 3.05) is 0 Å². The zero-order valence-corrected chi connectivity index (χ0v) is 28.4. The van der Waals surface area contributed by atoms with Crippen LogP contribution in [0.3, 0.4) is 0 Å². The molecule has 0 aliphatic rings. The molecule has 0 saturated heterocycles. The number of rotatable bonds is 9. The van der Waals surface area contributed by atoms with E-state index in [2.05, 4.69) is 14.2 Å². The highest BCUT2D eigenvalue weighted by Gasteiger charge is 2.86. The summed E-state index contributed by atoms with van der Waals surface area (Å²) in [5, 5.41) is -4.64. The fourth-order valence-corrected chi connectivity index (χ4v) is 6.69. The van der Waals surface area contributed by atoms with Crippen molar-refractivity contribution in [2.45, 2.75) is 23.3 Å². The predicted octanol–water partition coefficient (Wildman–Crippen LogP) is 11.0. The second-order valence-corrected chi connectivity index (χ2v) is 13.8. The molecule has 0 saturated carbocycles. The summed E-state index contributed by atoms with van der Waals surface area (Å²) in [7, 11) is -7.23. The van der Waals surface area contributed by atoms with Gasteiger partial charge in [-0.3, -0.25) is 0 Å². The van der Waals surface area contributed by atoms with Gasteiger partial charge < -0.3 is 4.18 Å². The Morgan fingerprint density at radius 2 is 0.927 bits per heavy atom. The van der Waals surface area contributed by atoms with E-state index in [1.165, 1.54) is 42.5 Å². The molecule has 0 unspecified atom stereocenters. The largest absolute Gasteiger partial charge is 0.460 e. The Bertz CT molecular complexity index is 2670. The predicted molar refractivity (Wildman–Crippen MR) is 187 cm³/mol. The van der Waals surface area contributed by atoms with Crippen LogP contribution in [0.25, 0.3) is 66.8 Å². The van der Waals surface area contributed by atoms with Crippen LogP contribution < -0.4 is 4.18 Å². The van der Waals surface area contributed by atoms with Crippen LogP contribution in [-0.4, -0.2) is 46.6 Å². The van der Waals surface area contributed by atoms with Gasteiger partial charge >= 0.3 is 33.4 Å². The van der Waals surface area contributed by atoms with Crippen molar-refractivity contribution in [2.24, 2.45) is 0 Å². The van der Waals surface area contributed by atoms with E-state index in [4.69, 9.17) is 4.98 Å². The van der Waals surface area contributed by atoms with Crippen molar-refractivity contribution >= 4 is 31.7 Å². The van der Waals surface area contributed by atoms with Crippen molar-refractivity contribution in [3.63, 3.8) is 0 Å². The SMILES string of the molecule is O=S(=O)(Oc1ccc2ccccc2c1-c1ccc(-c2nc(-c3ccccc3)nc(-c3ccc4ccccc4c3)n2)cc1)C(F)(F)C(F)(F)C(F)(F)C(F)(F)F. The Morgan fingerprint density at radius 1 is 0.455 bits per heavy atom. The maximum atomic E-state index is 14.7. The van der Waals surface area contributed by atoms with E-state index in [0.29, 0.717) is 33.7 Å². The molecule has 0 aliphatic carbocycles. The Morgan fingerprint density at radius 3 is 1.55 bits per heavy atom. The van der Waals surface area contributed by atoms with E-state index >= 15 is 0 Å². The van der Waals surface area contributed by atoms with Gasteiger partial charge in [-0.15, -0.1) is 0 Å². The molecule has 1 aromatic heterocycles. The van der Waals surface area contributed by atoms with Crippen LogP contribution in [-0.2, 0) is 10.1 Å². The van der Waals surface area contributed by atoms with Crippen LogP contribution in [0.1, 0.15) is 0 Å². The Hall–Kier alpha value is -6.03. The second-order valence-electron chi connectivity index (χ2n) is 12.2. The van der Waals surface area contributed by atoms with Gasteiger partial charge in [0.2, 0.25) is 0 Å². The first-order valence-electron chi connectivity index (χ1n) is 16.0. The molecule has 280 valence electrons. The van der Waals surface area contributed by atoms with Gasteiger partial charge in [0, 0.05) is 22.3 Å². The van der Waals surface area contributed by atoms with Crippen LogP contribution in [0, 0.1) is 0 Å². The van der Waals surface area contributed by atoms with E-state index in [-0.39, 0.29) is 22.3 Å². The van der Waals surface area contributed by atoms with Crippen molar-refractivity contribution in [3.8, 4) is 51.0 Å². The number of hydrogen-bond acceptors (Lipinski definition) is 6. The molecule has 1 heterocycles. The van der Waals surface area contributed by atoms with Gasteiger partial charge in [0.25, 0.3) is 0 Å². The number of alkyl halides is 9. The maximum Gasteiger partial charge on any atom is 0.460 e. The van der Waals surface area contributed by atoms with Crippen molar-refractivity contribution in [3.05, 3.63) is 133 Å². The summed E-state index contributed by atoms with van der Waals surface area (Å²) < 4.78 is 153. The number of hydrogen-bond donors (Lipinski definition) is 0. The van der Waals surface area contributed by atoms with Crippen LogP contribution >= 0.6 is 0 Å². The number of nitrogens with zero attached hydrogens (tertiary/aromatic N) is 3. The molecule has 55 heavy (non-hydrogen) atoms. The zero-order valence-electron chi connectivity index (χ0n) is 27.6. The molecule has 16 heteroatoms. The first kappa shape index (κ1) is 37.3. The summed E-state index contributed by atoms with van der Waals surface area (Å²) in [5.74, 6) is -15.1. The van der Waals surface area contributed by atoms with Crippen molar-refractivity contribution in [1.82, 2.24) is 15.0 Å². The van der Waals surface area contributed by atoms with Crippen LogP contribution in [0.4, 0.5) is 39.5 Å². The van der Waals surface area contributed by atoms with Gasteiger partial charge in [-0.1, -0.05) is 121 Å². The third-order valence-electron chi connectivity index (χ3n) is 8.63. The van der Waals surface area contributed by atoms with E-state index in [1.54, 1.807) is 30.3 Å². The molecule has 6 aromatic carbocycles. The fraction of sp³-hybridized carbons (Fsp3) is 0.103. The van der Waals surface area contributed by atoms with Crippen LogP contribution in [0.15, 0.2) is 133 Å². The molecule has 0 atom stereocenters. The van der Waals surface area contributed by atoms with E-state index in [9.17, 15) is 47.9 Å². The third kappa shape index (κ3) is 6.49. The fourth-order valence-electron chi connectivity index (χ4n) is 5.77. The molecule has 0 N–H and O–H groups in total. The summed E-state index contributed by atoms with van der Waals surface area (Å²) in [5.41, 5.74) is 1.49. The molecule has 0 spiro atoms. The van der Waals surface area contributed by atoms with Crippen LogP contribution in [0.5, 0.6) is 5.75 Å². The minimum absolute atomic E-state index is 0.0496. The first-order chi connectivity index (χ1) is 25.9. The average molecular weight is 784 g/mol. The standard InChI is InChI=1S/C39H22F9N3O3S/c40-36(41,38(44,45)46)37(42,43)39(47,48)55(52,53)54-31-21-20-24-9-6-7-13-30(24)32(31)25-15-17-27(18-16-25)34-49-33(26-10-2-1-3-11-26)50-35(51-34)29-19-14-23-8-4-5-12-28(23)22-29/h1-22H. The van der Waals surface area contributed by atoms with E-state index < -0.39 is 39.1 Å². The number of halogens is 9. The molecule has 0 aliphatic heterocycles. The molecule has 0 bridgehead atoms. The van der Waals surface area contributed by atoms with Gasteiger partial charge in [-0.2, -0.15) is 47.9 Å². The van der Waals surface area contributed by atoms with Gasteiger partial charge in [-0.25, -0.2) is 15.0 Å². The molecule has 7 aromatic rings. The number of benzene rings is 6. The van der Waals surface area contributed by atoms with Crippen LogP contribution in [0.2, 0.25) is 0 Å². The van der Waals surface area contributed by atoms with E-state index in [1.807, 2.05) is 48.5 Å². The monoisotopic (exact) mass is 783 g/mol. The molecule has 0 amide bonds. The lowest BCUT2D eigenvalue weighted by atomic mass is 9.96. The zero-order chi connectivity index (χ0) is 39.4. The maximum absolute atomic E-state index is 14.7. The normalized spacial score (nSPS) is 13.0. The summed E-state index contributed by atoms with van der Waals surface area (Å²) >= 11 is 0. The molecular weight excluding hydrogens is 761 g/mol. The van der Waals surface area contributed by atoms with Crippen molar-refractivity contribution < 1.29 is 52.1 Å². The Balaban J connectivity index is 1.32. The smallest absolute Gasteiger partial charge is 0.377 e. The number of aromatic nitrogens is 3. The lowest BCUT2D eigenvalue weighted by Crippen LogP contribution is -2.63. The molecule has 0 fully saturated rings. The first-order valence-corrected chi connectivity index (χ1v) is 17.4. The summed E-state index contributed by atoms with van der Waals surface area (Å²) in [4.78, 5) is 14.0. The molecule has 6 nitrogen and oxygen atoms in total. The van der Waals surface area contributed by atoms with Gasteiger partial charge in [0.1, 0.15) is 0 Å². The quantitative estimate of drug-likeness (QED) is 0.107.